The van der Waals surface area contributed by atoms with Crippen LogP contribution in [0.25, 0.3) is 0 Å². The third-order valence-corrected chi connectivity index (χ3v) is 6.39. The van der Waals surface area contributed by atoms with Crippen molar-refractivity contribution in [3.8, 4) is 0 Å². The van der Waals surface area contributed by atoms with E-state index in [0.717, 1.165) is 25.6 Å². The number of nitrogens with zero attached hydrogens (tertiary/aromatic N) is 2. The van der Waals surface area contributed by atoms with Gasteiger partial charge in [0.05, 0.1) is 6.04 Å². The SMILES string of the molecule is O=C(C1NCC2CCCC21)N1CCC(N2CCCCC2)C1. The van der Waals surface area contributed by atoms with Crippen LogP contribution in [0.4, 0.5) is 0 Å². The van der Waals surface area contributed by atoms with Crippen LogP contribution in [0, 0.1) is 11.8 Å². The smallest absolute Gasteiger partial charge is 0.240 e. The summed E-state index contributed by atoms with van der Waals surface area (Å²) in [7, 11) is 0. The number of nitrogens with one attached hydrogen (secondary N) is 1. The summed E-state index contributed by atoms with van der Waals surface area (Å²) in [5.41, 5.74) is 0. The summed E-state index contributed by atoms with van der Waals surface area (Å²) in [5, 5.41) is 3.52. The van der Waals surface area contributed by atoms with Crippen LogP contribution in [0.1, 0.15) is 44.9 Å². The van der Waals surface area contributed by atoms with E-state index in [9.17, 15) is 4.79 Å². The Morgan fingerprint density at radius 3 is 2.67 bits per heavy atom. The van der Waals surface area contributed by atoms with Gasteiger partial charge in [-0.1, -0.05) is 12.8 Å². The lowest BCUT2D eigenvalue weighted by Gasteiger charge is -2.32. The highest BCUT2D eigenvalue weighted by Gasteiger charge is 2.45. The van der Waals surface area contributed by atoms with E-state index < -0.39 is 0 Å². The maximum Gasteiger partial charge on any atom is 0.240 e. The van der Waals surface area contributed by atoms with Crippen molar-refractivity contribution in [2.24, 2.45) is 11.8 Å². The average Bonchev–Trinajstić information content (AvgIpc) is 3.23. The fourth-order valence-corrected chi connectivity index (χ4v) is 5.18. The summed E-state index contributed by atoms with van der Waals surface area (Å²) in [6, 6.07) is 0.771. The van der Waals surface area contributed by atoms with E-state index in [-0.39, 0.29) is 6.04 Å². The fraction of sp³-hybridized carbons (Fsp3) is 0.941. The Bertz CT molecular complexity index is 393. The molecule has 21 heavy (non-hydrogen) atoms. The largest absolute Gasteiger partial charge is 0.340 e. The number of piperidine rings is 1. The summed E-state index contributed by atoms with van der Waals surface area (Å²) in [5.74, 6) is 1.81. The summed E-state index contributed by atoms with van der Waals surface area (Å²) < 4.78 is 0. The molecule has 4 rings (SSSR count). The molecule has 1 amide bonds. The molecule has 0 aromatic heterocycles. The highest BCUT2D eigenvalue weighted by atomic mass is 16.2. The van der Waals surface area contributed by atoms with Crippen LogP contribution in [0.3, 0.4) is 0 Å². The Balaban J connectivity index is 1.35. The number of carbonyl (C=O) groups excluding carboxylic acids is 1. The Morgan fingerprint density at radius 2 is 1.81 bits per heavy atom. The average molecular weight is 291 g/mol. The van der Waals surface area contributed by atoms with Gasteiger partial charge in [-0.15, -0.1) is 0 Å². The van der Waals surface area contributed by atoms with Crippen molar-refractivity contribution in [3.63, 3.8) is 0 Å². The molecule has 3 heterocycles. The molecule has 4 fully saturated rings. The predicted octanol–water partition coefficient (Wildman–Crippen LogP) is 1.46. The maximum absolute atomic E-state index is 12.9. The first-order chi connectivity index (χ1) is 10.3. The molecule has 1 aliphatic carbocycles. The number of amides is 1. The van der Waals surface area contributed by atoms with Gasteiger partial charge in [-0.3, -0.25) is 9.69 Å². The van der Waals surface area contributed by atoms with Crippen LogP contribution in [0.15, 0.2) is 0 Å². The molecular weight excluding hydrogens is 262 g/mol. The van der Waals surface area contributed by atoms with Crippen LogP contribution in [0.2, 0.25) is 0 Å². The molecule has 0 aromatic carbocycles. The van der Waals surface area contributed by atoms with Gasteiger partial charge in [-0.05, 0) is 63.6 Å². The number of rotatable bonds is 2. The molecular formula is C17H29N3O. The van der Waals surface area contributed by atoms with Crippen LogP contribution in [-0.4, -0.2) is 60.5 Å². The van der Waals surface area contributed by atoms with Crippen LogP contribution in [-0.2, 0) is 4.79 Å². The second-order valence-corrected chi connectivity index (χ2v) is 7.56. The Hall–Kier alpha value is -0.610. The molecule has 4 nitrogen and oxygen atoms in total. The summed E-state index contributed by atoms with van der Waals surface area (Å²) >= 11 is 0. The van der Waals surface area contributed by atoms with Crippen LogP contribution >= 0.6 is 0 Å². The van der Waals surface area contributed by atoms with Gasteiger partial charge in [0.15, 0.2) is 0 Å². The topological polar surface area (TPSA) is 35.6 Å². The van der Waals surface area contributed by atoms with Crippen molar-refractivity contribution in [1.82, 2.24) is 15.1 Å². The molecule has 3 saturated heterocycles. The Morgan fingerprint density at radius 1 is 0.952 bits per heavy atom. The lowest BCUT2D eigenvalue weighted by molar-refractivity contribution is -0.133. The quantitative estimate of drug-likeness (QED) is 0.837. The maximum atomic E-state index is 12.9. The zero-order valence-corrected chi connectivity index (χ0v) is 13.1. The fourth-order valence-electron chi connectivity index (χ4n) is 5.18. The van der Waals surface area contributed by atoms with E-state index in [1.165, 1.54) is 58.0 Å². The molecule has 4 heteroatoms. The first-order valence-electron chi connectivity index (χ1n) is 9.09. The normalized spacial score (nSPS) is 40.7. The van der Waals surface area contributed by atoms with Crippen molar-refractivity contribution >= 4 is 5.91 Å². The highest BCUT2D eigenvalue weighted by Crippen LogP contribution is 2.38. The molecule has 4 atom stereocenters. The lowest BCUT2D eigenvalue weighted by atomic mass is 9.93. The zero-order valence-electron chi connectivity index (χ0n) is 13.1. The van der Waals surface area contributed by atoms with Crippen molar-refractivity contribution < 1.29 is 4.79 Å². The summed E-state index contributed by atoms with van der Waals surface area (Å²) in [6.45, 7) is 5.53. The van der Waals surface area contributed by atoms with Gasteiger partial charge in [0.25, 0.3) is 0 Å². The molecule has 0 radical (unpaired) electrons. The molecule has 4 aliphatic rings. The molecule has 1 saturated carbocycles. The van der Waals surface area contributed by atoms with E-state index in [4.69, 9.17) is 0 Å². The van der Waals surface area contributed by atoms with Gasteiger partial charge in [0, 0.05) is 19.1 Å². The number of hydrogen-bond donors (Lipinski definition) is 1. The molecule has 4 unspecified atom stereocenters. The van der Waals surface area contributed by atoms with Crippen molar-refractivity contribution in [2.75, 3.05) is 32.7 Å². The Kier molecular flexibility index (Phi) is 3.92. The standard InChI is InChI=1S/C17H29N3O/c21-17(16-15-6-4-5-13(15)11-18-16)20-10-7-14(12-20)19-8-2-1-3-9-19/h13-16,18H,1-12H2. The second-order valence-electron chi connectivity index (χ2n) is 7.56. The molecule has 0 spiro atoms. The Labute approximate surface area is 128 Å². The monoisotopic (exact) mass is 291 g/mol. The third-order valence-electron chi connectivity index (χ3n) is 6.39. The van der Waals surface area contributed by atoms with E-state index in [1.54, 1.807) is 0 Å². The van der Waals surface area contributed by atoms with Gasteiger partial charge in [-0.25, -0.2) is 0 Å². The number of fused-ring (bicyclic) bond motifs is 1. The summed E-state index contributed by atoms with van der Waals surface area (Å²) in [4.78, 5) is 17.7. The predicted molar refractivity (Wildman–Crippen MR) is 83.0 cm³/mol. The number of hydrogen-bond acceptors (Lipinski definition) is 3. The van der Waals surface area contributed by atoms with Crippen molar-refractivity contribution in [3.05, 3.63) is 0 Å². The molecule has 0 bridgehead atoms. The van der Waals surface area contributed by atoms with Gasteiger partial charge in [-0.2, -0.15) is 0 Å². The molecule has 3 aliphatic heterocycles. The minimum absolute atomic E-state index is 0.137. The van der Waals surface area contributed by atoms with Gasteiger partial charge < -0.3 is 10.2 Å². The third kappa shape index (κ3) is 2.61. The highest BCUT2D eigenvalue weighted by molar-refractivity contribution is 5.83. The lowest BCUT2D eigenvalue weighted by Crippen LogP contribution is -2.47. The van der Waals surface area contributed by atoms with E-state index >= 15 is 0 Å². The minimum atomic E-state index is 0.137. The van der Waals surface area contributed by atoms with Crippen molar-refractivity contribution in [1.29, 1.82) is 0 Å². The van der Waals surface area contributed by atoms with E-state index in [1.807, 2.05) is 0 Å². The van der Waals surface area contributed by atoms with Crippen LogP contribution < -0.4 is 5.32 Å². The summed E-state index contributed by atoms with van der Waals surface area (Å²) in [6.07, 6.45) is 9.19. The van der Waals surface area contributed by atoms with Crippen LogP contribution in [0.5, 0.6) is 0 Å². The first kappa shape index (κ1) is 14.0. The van der Waals surface area contributed by atoms with Gasteiger partial charge in [0.2, 0.25) is 5.91 Å². The van der Waals surface area contributed by atoms with Crippen molar-refractivity contribution in [2.45, 2.75) is 57.0 Å². The first-order valence-corrected chi connectivity index (χ1v) is 9.09. The molecule has 1 N–H and O–H groups in total. The van der Waals surface area contributed by atoms with Gasteiger partial charge >= 0.3 is 0 Å². The number of carbonyl (C=O) groups is 1. The minimum Gasteiger partial charge on any atom is -0.340 e. The molecule has 118 valence electrons. The zero-order chi connectivity index (χ0) is 14.2. The molecule has 0 aromatic rings. The van der Waals surface area contributed by atoms with Gasteiger partial charge in [0.1, 0.15) is 0 Å². The number of likely N-dealkylation sites (tertiary alicyclic amines) is 2. The van der Waals surface area contributed by atoms with E-state index in [2.05, 4.69) is 15.1 Å². The second kappa shape index (κ2) is 5.88. The van der Waals surface area contributed by atoms with E-state index in [0.29, 0.717) is 17.9 Å².